The second kappa shape index (κ2) is 8.68. The van der Waals surface area contributed by atoms with Crippen LogP contribution in [-0.4, -0.2) is 40.4 Å². The van der Waals surface area contributed by atoms with Crippen molar-refractivity contribution < 1.29 is 19.1 Å². The number of hydrogen-bond donors (Lipinski definition) is 1. The number of carbonyl (C=O) groups excluding carboxylic acids is 2. The number of rotatable bonds is 5. The van der Waals surface area contributed by atoms with E-state index in [0.29, 0.717) is 5.69 Å². The van der Waals surface area contributed by atoms with Gasteiger partial charge in [-0.2, -0.15) is 0 Å². The molecule has 0 aliphatic carbocycles. The molecule has 1 heterocycles. The molecule has 1 atom stereocenters. The molecule has 0 unspecified atom stereocenters. The summed E-state index contributed by atoms with van der Waals surface area (Å²) in [7, 11) is 1.28. The summed E-state index contributed by atoms with van der Waals surface area (Å²) < 4.78 is 11.9. The first kappa shape index (κ1) is 22.5. The molecule has 1 aromatic carbocycles. The van der Waals surface area contributed by atoms with Crippen molar-refractivity contribution in [3.05, 3.63) is 48.0 Å². The molecular weight excluding hydrogens is 370 g/mol. The maximum Gasteiger partial charge on any atom is 0.408 e. The Morgan fingerprint density at radius 3 is 2.24 bits per heavy atom. The molecule has 0 aliphatic heterocycles. The number of benzene rings is 1. The van der Waals surface area contributed by atoms with Crippen molar-refractivity contribution >= 4 is 12.1 Å². The zero-order valence-corrected chi connectivity index (χ0v) is 18.3. The van der Waals surface area contributed by atoms with E-state index in [-0.39, 0.29) is 11.8 Å². The monoisotopic (exact) mass is 401 g/mol. The molecule has 1 N–H and O–H groups in total. The highest BCUT2D eigenvalue weighted by Gasteiger charge is 2.26. The van der Waals surface area contributed by atoms with Crippen molar-refractivity contribution in [3.8, 4) is 5.69 Å². The molecule has 158 valence electrons. The van der Waals surface area contributed by atoms with Gasteiger partial charge in [-0.05, 0) is 43.9 Å². The van der Waals surface area contributed by atoms with Crippen LogP contribution in [0.15, 0.2) is 36.8 Å². The lowest BCUT2D eigenvalue weighted by atomic mass is 9.87. The zero-order chi connectivity index (χ0) is 21.8. The molecule has 0 saturated carbocycles. The fraction of sp³-hybridized carbons (Fsp3) is 0.500. The summed E-state index contributed by atoms with van der Waals surface area (Å²) in [6.07, 6.45) is 3.03. The van der Waals surface area contributed by atoms with E-state index < -0.39 is 23.7 Å². The Balaban J connectivity index is 2.12. The minimum Gasteiger partial charge on any atom is -0.467 e. The maximum atomic E-state index is 12.1. The van der Waals surface area contributed by atoms with Crippen molar-refractivity contribution in [1.29, 1.82) is 0 Å². The van der Waals surface area contributed by atoms with Crippen LogP contribution in [0.1, 0.15) is 52.8 Å². The molecule has 7 nitrogen and oxygen atoms in total. The number of amides is 1. The molecule has 0 aliphatic rings. The summed E-state index contributed by atoms with van der Waals surface area (Å²) in [5.74, 6) is -0.556. The van der Waals surface area contributed by atoms with Crippen LogP contribution in [0.5, 0.6) is 0 Å². The number of imidazole rings is 1. The summed E-state index contributed by atoms with van der Waals surface area (Å²) in [6.45, 7) is 11.8. The largest absolute Gasteiger partial charge is 0.467 e. The lowest BCUT2D eigenvalue weighted by Crippen LogP contribution is -2.45. The highest BCUT2D eigenvalue weighted by atomic mass is 16.6. The van der Waals surface area contributed by atoms with Gasteiger partial charge in [-0.25, -0.2) is 14.6 Å². The molecule has 0 bridgehead atoms. The summed E-state index contributed by atoms with van der Waals surface area (Å²) >= 11 is 0. The van der Waals surface area contributed by atoms with Gasteiger partial charge in [0.1, 0.15) is 11.6 Å². The van der Waals surface area contributed by atoms with Crippen LogP contribution >= 0.6 is 0 Å². The minimum absolute atomic E-state index is 0.0830. The van der Waals surface area contributed by atoms with E-state index in [1.807, 2.05) is 22.9 Å². The third-order valence-corrected chi connectivity index (χ3v) is 4.26. The van der Waals surface area contributed by atoms with E-state index in [0.717, 1.165) is 5.69 Å². The van der Waals surface area contributed by atoms with Crippen molar-refractivity contribution in [3.63, 3.8) is 0 Å². The molecule has 7 heteroatoms. The summed E-state index contributed by atoms with van der Waals surface area (Å²) in [6, 6.07) is 7.36. The van der Waals surface area contributed by atoms with Gasteiger partial charge in [0.2, 0.25) is 0 Å². The highest BCUT2D eigenvalue weighted by Crippen LogP contribution is 2.23. The van der Waals surface area contributed by atoms with Gasteiger partial charge in [0.25, 0.3) is 0 Å². The lowest BCUT2D eigenvalue weighted by molar-refractivity contribution is -0.143. The van der Waals surface area contributed by atoms with Crippen LogP contribution in [0.4, 0.5) is 4.79 Å². The van der Waals surface area contributed by atoms with Gasteiger partial charge in [-0.15, -0.1) is 0 Å². The van der Waals surface area contributed by atoms with Crippen LogP contribution in [-0.2, 0) is 26.1 Å². The predicted octanol–water partition coefficient (Wildman–Crippen LogP) is 3.78. The van der Waals surface area contributed by atoms with Crippen molar-refractivity contribution in [2.45, 2.75) is 65.0 Å². The Kier molecular flexibility index (Phi) is 6.72. The molecule has 2 rings (SSSR count). The van der Waals surface area contributed by atoms with Gasteiger partial charge >= 0.3 is 12.1 Å². The van der Waals surface area contributed by atoms with Crippen LogP contribution < -0.4 is 5.32 Å². The number of hydrogen-bond acceptors (Lipinski definition) is 5. The van der Waals surface area contributed by atoms with Gasteiger partial charge in [-0.1, -0.05) is 32.9 Å². The maximum absolute atomic E-state index is 12.1. The fourth-order valence-electron chi connectivity index (χ4n) is 2.74. The number of alkyl carbamates (subject to hydrolysis) is 1. The standard InChI is InChI=1S/C22H31N3O4/c1-21(2,3)15-8-10-17(11-9-15)25-13-16(23-14-25)12-18(19(26)28-7)24-20(27)29-22(4,5)6/h8-11,13-14,18H,12H2,1-7H3,(H,24,27)/t18-/m0/s1. The Hall–Kier alpha value is -2.83. The first-order valence-corrected chi connectivity index (χ1v) is 9.60. The Bertz CT molecular complexity index is 842. The Morgan fingerprint density at radius 1 is 1.10 bits per heavy atom. The topological polar surface area (TPSA) is 82.5 Å². The normalized spacial score (nSPS) is 12.9. The first-order chi connectivity index (χ1) is 13.4. The van der Waals surface area contributed by atoms with Crippen molar-refractivity contribution in [2.75, 3.05) is 7.11 Å². The van der Waals surface area contributed by atoms with E-state index in [9.17, 15) is 9.59 Å². The number of nitrogens with zero attached hydrogens (tertiary/aromatic N) is 2. The van der Waals surface area contributed by atoms with Crippen LogP contribution in [0.3, 0.4) is 0 Å². The first-order valence-electron chi connectivity index (χ1n) is 9.60. The predicted molar refractivity (Wildman–Crippen MR) is 111 cm³/mol. The quantitative estimate of drug-likeness (QED) is 0.771. The van der Waals surface area contributed by atoms with Gasteiger partial charge in [-0.3, -0.25) is 0 Å². The molecule has 0 spiro atoms. The number of methoxy groups -OCH3 is 1. The molecule has 0 saturated heterocycles. The van der Waals surface area contributed by atoms with E-state index in [4.69, 9.17) is 9.47 Å². The van der Waals surface area contributed by atoms with Gasteiger partial charge in [0.15, 0.2) is 0 Å². The molecule has 2 aromatic rings. The summed E-state index contributed by atoms with van der Waals surface area (Å²) in [5.41, 5.74) is 2.28. The molecule has 1 aromatic heterocycles. The van der Waals surface area contributed by atoms with Crippen LogP contribution in [0.25, 0.3) is 5.69 Å². The average Bonchev–Trinajstić information content (AvgIpc) is 3.07. The SMILES string of the molecule is COC(=O)[C@H](Cc1cn(-c2ccc(C(C)(C)C)cc2)cn1)NC(=O)OC(C)(C)C. The van der Waals surface area contributed by atoms with Gasteiger partial charge in [0.05, 0.1) is 19.1 Å². The Labute approximate surface area is 172 Å². The molecule has 1 amide bonds. The van der Waals surface area contributed by atoms with E-state index in [1.165, 1.54) is 12.7 Å². The summed E-state index contributed by atoms with van der Waals surface area (Å²) in [4.78, 5) is 28.5. The number of carbonyl (C=O) groups is 2. The Morgan fingerprint density at radius 2 is 1.72 bits per heavy atom. The lowest BCUT2D eigenvalue weighted by Gasteiger charge is -2.22. The molecule has 0 radical (unpaired) electrons. The van der Waals surface area contributed by atoms with Crippen molar-refractivity contribution in [1.82, 2.24) is 14.9 Å². The average molecular weight is 402 g/mol. The number of nitrogens with one attached hydrogen (secondary N) is 1. The number of aromatic nitrogens is 2. The fourth-order valence-corrected chi connectivity index (χ4v) is 2.74. The van der Waals surface area contributed by atoms with Crippen LogP contribution in [0, 0.1) is 0 Å². The van der Waals surface area contributed by atoms with Crippen LogP contribution in [0.2, 0.25) is 0 Å². The summed E-state index contributed by atoms with van der Waals surface area (Å²) in [5, 5.41) is 2.56. The van der Waals surface area contributed by atoms with Crippen molar-refractivity contribution in [2.24, 2.45) is 0 Å². The third-order valence-electron chi connectivity index (χ3n) is 4.26. The third kappa shape index (κ3) is 6.62. The number of esters is 1. The second-order valence-corrected chi connectivity index (χ2v) is 9.00. The van der Waals surface area contributed by atoms with E-state index in [1.54, 1.807) is 27.1 Å². The van der Waals surface area contributed by atoms with Gasteiger partial charge in [0, 0.05) is 18.3 Å². The minimum atomic E-state index is -0.888. The number of ether oxygens (including phenoxy) is 2. The smallest absolute Gasteiger partial charge is 0.408 e. The van der Waals surface area contributed by atoms with E-state index in [2.05, 4.69) is 43.2 Å². The van der Waals surface area contributed by atoms with Gasteiger partial charge < -0.3 is 19.4 Å². The second-order valence-electron chi connectivity index (χ2n) is 9.00. The molecular formula is C22H31N3O4. The molecule has 0 fully saturated rings. The zero-order valence-electron chi connectivity index (χ0n) is 18.3. The highest BCUT2D eigenvalue weighted by molar-refractivity contribution is 5.81. The molecule has 29 heavy (non-hydrogen) atoms. The van der Waals surface area contributed by atoms with E-state index >= 15 is 0 Å².